The van der Waals surface area contributed by atoms with Gasteiger partial charge in [0.15, 0.2) is 0 Å². The number of hydrogen-bond donors (Lipinski definition) is 0. The van der Waals surface area contributed by atoms with Crippen LogP contribution in [0.5, 0.6) is 0 Å². The van der Waals surface area contributed by atoms with Gasteiger partial charge < -0.3 is 9.64 Å². The van der Waals surface area contributed by atoms with Crippen LogP contribution in [0.2, 0.25) is 0 Å². The molecule has 22 heavy (non-hydrogen) atoms. The summed E-state index contributed by atoms with van der Waals surface area (Å²) in [5.41, 5.74) is 0.347. The van der Waals surface area contributed by atoms with E-state index >= 15 is 0 Å². The zero-order valence-corrected chi connectivity index (χ0v) is 16.4. The maximum absolute atomic E-state index is 5.67. The second-order valence-corrected chi connectivity index (χ2v) is 7.51. The molecule has 0 aromatic heterocycles. The van der Waals surface area contributed by atoms with Crippen molar-refractivity contribution in [2.75, 3.05) is 33.4 Å². The molecule has 0 aliphatic rings. The third kappa shape index (κ3) is 9.84. The van der Waals surface area contributed by atoms with E-state index in [-0.39, 0.29) is 0 Å². The third-order valence-corrected chi connectivity index (χ3v) is 4.81. The van der Waals surface area contributed by atoms with Gasteiger partial charge >= 0.3 is 0 Å². The van der Waals surface area contributed by atoms with Crippen molar-refractivity contribution in [3.63, 3.8) is 0 Å². The summed E-state index contributed by atoms with van der Waals surface area (Å²) in [7, 11) is 1.87. The molecule has 0 saturated heterocycles. The van der Waals surface area contributed by atoms with Crippen molar-refractivity contribution in [1.29, 1.82) is 0 Å². The second-order valence-electron chi connectivity index (χ2n) is 7.51. The standard InChI is InChI=1S/C20H43NO/c1-7-10-11-12-13-14-15-20(18-22-6,16-19(4)5)17-21(8-2)9-3/h19H,7-18H2,1-6H3. The number of methoxy groups -OCH3 is 1. The van der Waals surface area contributed by atoms with Crippen molar-refractivity contribution >= 4 is 0 Å². The molecular formula is C20H43NO. The summed E-state index contributed by atoms with van der Waals surface area (Å²) in [5, 5.41) is 0. The molecule has 0 aromatic carbocycles. The van der Waals surface area contributed by atoms with E-state index in [1.54, 1.807) is 0 Å². The fourth-order valence-electron chi connectivity index (χ4n) is 3.80. The Bertz CT molecular complexity index is 238. The zero-order valence-electron chi connectivity index (χ0n) is 16.4. The average Bonchev–Trinajstić information content (AvgIpc) is 2.48. The molecule has 0 N–H and O–H groups in total. The normalized spacial score (nSPS) is 14.7. The van der Waals surface area contributed by atoms with Gasteiger partial charge in [0.1, 0.15) is 0 Å². The topological polar surface area (TPSA) is 12.5 Å². The summed E-state index contributed by atoms with van der Waals surface area (Å²) >= 11 is 0. The maximum Gasteiger partial charge on any atom is 0.0531 e. The lowest BCUT2D eigenvalue weighted by Crippen LogP contribution is -2.41. The van der Waals surface area contributed by atoms with E-state index in [1.165, 1.54) is 57.9 Å². The molecular weight excluding hydrogens is 270 g/mol. The van der Waals surface area contributed by atoms with Gasteiger partial charge in [-0.3, -0.25) is 0 Å². The quantitative estimate of drug-likeness (QED) is 0.356. The molecule has 2 nitrogen and oxygen atoms in total. The zero-order chi connectivity index (χ0) is 16.8. The fourth-order valence-corrected chi connectivity index (χ4v) is 3.80. The highest BCUT2D eigenvalue weighted by Gasteiger charge is 2.32. The molecule has 0 fully saturated rings. The first-order valence-electron chi connectivity index (χ1n) is 9.74. The minimum Gasteiger partial charge on any atom is -0.384 e. The number of unbranched alkanes of at least 4 members (excludes halogenated alkanes) is 5. The van der Waals surface area contributed by atoms with Crippen LogP contribution in [0.15, 0.2) is 0 Å². The molecule has 1 unspecified atom stereocenters. The van der Waals surface area contributed by atoms with E-state index in [4.69, 9.17) is 4.74 Å². The Morgan fingerprint density at radius 3 is 2.00 bits per heavy atom. The first-order chi connectivity index (χ1) is 10.5. The van der Waals surface area contributed by atoms with Gasteiger partial charge in [0.25, 0.3) is 0 Å². The van der Waals surface area contributed by atoms with Crippen LogP contribution in [-0.2, 0) is 4.74 Å². The summed E-state index contributed by atoms with van der Waals surface area (Å²) in [5.74, 6) is 0.741. The molecule has 0 heterocycles. The molecule has 0 amide bonds. The molecule has 0 aromatic rings. The minimum absolute atomic E-state index is 0.347. The van der Waals surface area contributed by atoms with Gasteiger partial charge in [0.2, 0.25) is 0 Å². The van der Waals surface area contributed by atoms with Gasteiger partial charge in [-0.2, -0.15) is 0 Å². The van der Waals surface area contributed by atoms with Crippen molar-refractivity contribution in [1.82, 2.24) is 4.90 Å². The summed E-state index contributed by atoms with van der Waals surface area (Å²) in [4.78, 5) is 2.58. The average molecular weight is 314 g/mol. The highest BCUT2D eigenvalue weighted by molar-refractivity contribution is 4.84. The lowest BCUT2D eigenvalue weighted by atomic mass is 9.76. The van der Waals surface area contributed by atoms with Crippen LogP contribution >= 0.6 is 0 Å². The predicted octanol–water partition coefficient (Wildman–Crippen LogP) is 5.76. The molecule has 0 rings (SSSR count). The molecule has 0 radical (unpaired) electrons. The highest BCUT2D eigenvalue weighted by Crippen LogP contribution is 2.34. The van der Waals surface area contributed by atoms with Crippen molar-refractivity contribution in [3.05, 3.63) is 0 Å². The number of ether oxygens (including phenoxy) is 1. The van der Waals surface area contributed by atoms with Crippen LogP contribution in [0.25, 0.3) is 0 Å². The monoisotopic (exact) mass is 313 g/mol. The second kappa shape index (κ2) is 13.4. The highest BCUT2D eigenvalue weighted by atomic mass is 16.5. The fraction of sp³-hybridized carbons (Fsp3) is 1.00. The summed E-state index contributed by atoms with van der Waals surface area (Å²) < 4.78 is 5.67. The first-order valence-corrected chi connectivity index (χ1v) is 9.74. The molecule has 0 bridgehead atoms. The SMILES string of the molecule is CCCCCCCCC(COC)(CC(C)C)CN(CC)CC. The van der Waals surface area contributed by atoms with Gasteiger partial charge in [-0.1, -0.05) is 73.1 Å². The van der Waals surface area contributed by atoms with Gasteiger partial charge in [0, 0.05) is 19.1 Å². The molecule has 0 spiro atoms. The summed E-state index contributed by atoms with van der Waals surface area (Å²) in [6, 6.07) is 0. The van der Waals surface area contributed by atoms with Crippen LogP contribution in [0.3, 0.4) is 0 Å². The van der Waals surface area contributed by atoms with E-state index in [0.717, 1.165) is 25.6 Å². The molecule has 0 aliphatic heterocycles. The van der Waals surface area contributed by atoms with Gasteiger partial charge in [0.05, 0.1) is 6.61 Å². The lowest BCUT2D eigenvalue weighted by Gasteiger charge is -2.39. The number of nitrogens with zero attached hydrogens (tertiary/aromatic N) is 1. The van der Waals surface area contributed by atoms with E-state index in [1.807, 2.05) is 7.11 Å². The Labute approximate surface area is 141 Å². The Balaban J connectivity index is 4.58. The smallest absolute Gasteiger partial charge is 0.0531 e. The van der Waals surface area contributed by atoms with Crippen LogP contribution in [0.4, 0.5) is 0 Å². The minimum atomic E-state index is 0.347. The predicted molar refractivity (Wildman–Crippen MR) is 99.5 cm³/mol. The van der Waals surface area contributed by atoms with Crippen LogP contribution in [0.1, 0.15) is 86.0 Å². The summed E-state index contributed by atoms with van der Waals surface area (Å²) in [6.45, 7) is 16.0. The Kier molecular flexibility index (Phi) is 13.3. The van der Waals surface area contributed by atoms with Crippen molar-refractivity contribution in [2.45, 2.75) is 86.0 Å². The number of hydrogen-bond acceptors (Lipinski definition) is 2. The molecule has 0 saturated carbocycles. The van der Waals surface area contributed by atoms with E-state index in [9.17, 15) is 0 Å². The summed E-state index contributed by atoms with van der Waals surface area (Å²) in [6.07, 6.45) is 10.9. The maximum atomic E-state index is 5.67. The third-order valence-electron chi connectivity index (χ3n) is 4.81. The van der Waals surface area contributed by atoms with Crippen LogP contribution < -0.4 is 0 Å². The van der Waals surface area contributed by atoms with Crippen molar-refractivity contribution in [2.24, 2.45) is 11.3 Å². The van der Waals surface area contributed by atoms with Gasteiger partial charge in [-0.05, 0) is 31.8 Å². The molecule has 134 valence electrons. The Hall–Kier alpha value is -0.0800. The Morgan fingerprint density at radius 1 is 0.909 bits per heavy atom. The van der Waals surface area contributed by atoms with Crippen molar-refractivity contribution < 1.29 is 4.74 Å². The van der Waals surface area contributed by atoms with Crippen LogP contribution in [-0.4, -0.2) is 38.3 Å². The largest absolute Gasteiger partial charge is 0.384 e. The van der Waals surface area contributed by atoms with E-state index in [2.05, 4.69) is 39.5 Å². The van der Waals surface area contributed by atoms with E-state index < -0.39 is 0 Å². The van der Waals surface area contributed by atoms with Crippen molar-refractivity contribution in [3.8, 4) is 0 Å². The first kappa shape index (κ1) is 21.9. The van der Waals surface area contributed by atoms with E-state index in [0.29, 0.717) is 5.41 Å². The molecule has 2 heteroatoms. The van der Waals surface area contributed by atoms with Gasteiger partial charge in [-0.25, -0.2) is 0 Å². The van der Waals surface area contributed by atoms with Crippen LogP contribution in [0, 0.1) is 11.3 Å². The number of rotatable bonds is 15. The van der Waals surface area contributed by atoms with Gasteiger partial charge in [-0.15, -0.1) is 0 Å². The lowest BCUT2D eigenvalue weighted by molar-refractivity contribution is 0.0235. The molecule has 1 atom stereocenters. The Morgan fingerprint density at radius 2 is 1.50 bits per heavy atom. The molecule has 0 aliphatic carbocycles.